The van der Waals surface area contributed by atoms with E-state index in [4.69, 9.17) is 5.73 Å². The molecule has 2 atom stereocenters. The Bertz CT molecular complexity index is 509. The molecule has 17 heavy (non-hydrogen) atoms. The lowest BCUT2D eigenvalue weighted by molar-refractivity contribution is 0.129. The second-order valence-electron chi connectivity index (χ2n) is 4.75. The first kappa shape index (κ1) is 12.0. The number of nitrogens with two attached hydrogens (primary N) is 1. The Hall–Kier alpha value is -1.45. The minimum atomic E-state index is -0.849. The lowest BCUT2D eigenvalue weighted by atomic mass is 9.97. The maximum atomic E-state index is 11.7. The van der Waals surface area contributed by atoms with E-state index in [9.17, 15) is 9.90 Å². The van der Waals surface area contributed by atoms with Gasteiger partial charge in [0.05, 0.1) is 6.10 Å². The number of rotatable bonds is 4. The quantitative estimate of drug-likeness (QED) is 0.840. The Kier molecular flexibility index (Phi) is 3.13. The van der Waals surface area contributed by atoms with Crippen molar-refractivity contribution in [2.24, 2.45) is 11.7 Å². The van der Waals surface area contributed by atoms with Gasteiger partial charge in [-0.1, -0.05) is 44.2 Å². The Balaban J connectivity index is 2.24. The minimum absolute atomic E-state index is 0.0557. The van der Waals surface area contributed by atoms with Crippen molar-refractivity contribution in [3.05, 3.63) is 46.1 Å². The molecular weight excluding hydrogens is 214 g/mol. The first-order valence-corrected chi connectivity index (χ1v) is 5.82. The summed E-state index contributed by atoms with van der Waals surface area (Å²) in [5.74, 6) is 0.142. The third-order valence-electron chi connectivity index (χ3n) is 3.17. The van der Waals surface area contributed by atoms with Gasteiger partial charge < -0.3 is 10.8 Å². The largest absolute Gasteiger partial charge is 0.387 e. The van der Waals surface area contributed by atoms with Crippen LogP contribution in [-0.2, 0) is 0 Å². The Morgan fingerprint density at radius 1 is 1.18 bits per heavy atom. The van der Waals surface area contributed by atoms with Crippen LogP contribution in [0.1, 0.15) is 25.5 Å². The van der Waals surface area contributed by atoms with Gasteiger partial charge in [0.25, 0.3) is 0 Å². The van der Waals surface area contributed by atoms with Crippen LogP contribution in [0, 0.1) is 5.92 Å². The molecule has 2 rings (SSSR count). The summed E-state index contributed by atoms with van der Waals surface area (Å²) in [4.78, 5) is 11.7. The van der Waals surface area contributed by atoms with Crippen molar-refractivity contribution in [2.75, 3.05) is 0 Å². The molecule has 3 heteroatoms. The van der Waals surface area contributed by atoms with E-state index >= 15 is 0 Å². The fourth-order valence-corrected chi connectivity index (χ4v) is 1.91. The van der Waals surface area contributed by atoms with Gasteiger partial charge in [0.15, 0.2) is 5.43 Å². The lowest BCUT2D eigenvalue weighted by Gasteiger charge is -2.19. The molecule has 0 aliphatic rings. The highest BCUT2D eigenvalue weighted by atomic mass is 16.3. The molecule has 90 valence electrons. The Labute approximate surface area is 101 Å². The van der Waals surface area contributed by atoms with Crippen molar-refractivity contribution in [3.63, 3.8) is 0 Å². The summed E-state index contributed by atoms with van der Waals surface area (Å²) >= 11 is 0. The van der Waals surface area contributed by atoms with E-state index < -0.39 is 12.1 Å². The predicted octanol–water partition coefficient (Wildman–Crippen LogP) is 1.61. The fourth-order valence-electron chi connectivity index (χ4n) is 1.91. The smallest absolute Gasteiger partial charge is 0.193 e. The summed E-state index contributed by atoms with van der Waals surface area (Å²) < 4.78 is 0. The van der Waals surface area contributed by atoms with Crippen LogP contribution in [0.3, 0.4) is 0 Å². The van der Waals surface area contributed by atoms with E-state index in [0.29, 0.717) is 11.1 Å². The van der Waals surface area contributed by atoms with E-state index in [1.807, 2.05) is 44.2 Å². The van der Waals surface area contributed by atoms with Crippen LogP contribution < -0.4 is 11.2 Å². The van der Waals surface area contributed by atoms with Crippen molar-refractivity contribution < 1.29 is 5.11 Å². The second kappa shape index (κ2) is 4.43. The molecule has 0 fully saturated rings. The second-order valence-corrected chi connectivity index (χ2v) is 4.75. The molecule has 0 heterocycles. The zero-order valence-corrected chi connectivity index (χ0v) is 10.1. The van der Waals surface area contributed by atoms with Crippen molar-refractivity contribution in [1.82, 2.24) is 0 Å². The zero-order chi connectivity index (χ0) is 12.6. The summed E-state index contributed by atoms with van der Waals surface area (Å²) in [7, 11) is 0. The van der Waals surface area contributed by atoms with Gasteiger partial charge >= 0.3 is 0 Å². The van der Waals surface area contributed by atoms with E-state index in [-0.39, 0.29) is 11.3 Å². The highest BCUT2D eigenvalue weighted by Crippen LogP contribution is 2.32. The molecule has 0 aliphatic heterocycles. The minimum Gasteiger partial charge on any atom is -0.387 e. The topological polar surface area (TPSA) is 63.3 Å². The summed E-state index contributed by atoms with van der Waals surface area (Å²) in [5.41, 5.74) is 7.79. The van der Waals surface area contributed by atoms with Crippen LogP contribution in [-0.4, -0.2) is 11.1 Å². The number of hydrogen-bond donors (Lipinski definition) is 2. The van der Waals surface area contributed by atoms with Crippen LogP contribution in [0.4, 0.5) is 0 Å². The lowest BCUT2D eigenvalue weighted by Crippen LogP contribution is -2.33. The summed E-state index contributed by atoms with van der Waals surface area (Å²) in [5, 5.41) is 10.0. The molecule has 0 aliphatic carbocycles. The number of benzene rings is 1. The molecule has 0 bridgehead atoms. The van der Waals surface area contributed by atoms with E-state index in [0.717, 1.165) is 5.56 Å². The maximum Gasteiger partial charge on any atom is 0.193 e. The molecule has 3 N–H and O–H groups in total. The number of hydrogen-bond acceptors (Lipinski definition) is 3. The standard InChI is InChI=1S/C14H17NO2/c1-8(2)12(15)14(17)11-10(13(11)16)9-6-4-3-5-7-9/h3-8,12,14,17H,15H2,1-2H3/t12-,14?/m0/s1. The van der Waals surface area contributed by atoms with Crippen molar-refractivity contribution in [3.8, 4) is 11.1 Å². The van der Waals surface area contributed by atoms with E-state index in [1.54, 1.807) is 0 Å². The number of aliphatic hydroxyl groups is 1. The molecular formula is C14H17NO2. The van der Waals surface area contributed by atoms with Gasteiger partial charge in [-0.3, -0.25) is 4.79 Å². The number of aliphatic hydroxyl groups excluding tert-OH is 1. The van der Waals surface area contributed by atoms with Crippen molar-refractivity contribution in [2.45, 2.75) is 26.0 Å². The van der Waals surface area contributed by atoms with Gasteiger partial charge in [-0.05, 0) is 11.5 Å². The first-order chi connectivity index (χ1) is 8.04. The zero-order valence-electron chi connectivity index (χ0n) is 10.1. The highest BCUT2D eigenvalue weighted by molar-refractivity contribution is 5.76. The van der Waals surface area contributed by atoms with Crippen LogP contribution in [0.15, 0.2) is 35.1 Å². The molecule has 2 aromatic rings. The molecule has 2 aromatic carbocycles. The van der Waals surface area contributed by atoms with Gasteiger partial charge in [0.1, 0.15) is 0 Å². The molecule has 0 saturated heterocycles. The average molecular weight is 231 g/mol. The van der Waals surface area contributed by atoms with E-state index in [2.05, 4.69) is 0 Å². The maximum absolute atomic E-state index is 11.7. The summed E-state index contributed by atoms with van der Waals surface area (Å²) in [6, 6.07) is 8.99. The van der Waals surface area contributed by atoms with Crippen LogP contribution in [0.5, 0.6) is 0 Å². The molecule has 0 radical (unpaired) electrons. The molecule has 0 saturated carbocycles. The van der Waals surface area contributed by atoms with E-state index in [1.165, 1.54) is 0 Å². The van der Waals surface area contributed by atoms with Crippen LogP contribution in [0.25, 0.3) is 11.1 Å². The third kappa shape index (κ3) is 2.16. The monoisotopic (exact) mass is 231 g/mol. The van der Waals surface area contributed by atoms with Gasteiger partial charge in [-0.25, -0.2) is 0 Å². The van der Waals surface area contributed by atoms with Gasteiger partial charge in [-0.15, -0.1) is 0 Å². The molecule has 0 aromatic heterocycles. The van der Waals surface area contributed by atoms with Crippen LogP contribution in [0.2, 0.25) is 0 Å². The average Bonchev–Trinajstić information content (AvgIpc) is 3.00. The van der Waals surface area contributed by atoms with Gasteiger partial charge in [0.2, 0.25) is 0 Å². The normalized spacial score (nSPS) is 15.4. The fraction of sp³-hybridized carbons (Fsp3) is 0.357. The Morgan fingerprint density at radius 2 is 1.76 bits per heavy atom. The van der Waals surface area contributed by atoms with Crippen molar-refractivity contribution in [1.29, 1.82) is 0 Å². The summed E-state index contributed by atoms with van der Waals surface area (Å²) in [6.45, 7) is 3.87. The van der Waals surface area contributed by atoms with Gasteiger partial charge in [-0.2, -0.15) is 0 Å². The van der Waals surface area contributed by atoms with Crippen molar-refractivity contribution >= 4 is 0 Å². The predicted molar refractivity (Wildman–Crippen MR) is 68.3 cm³/mol. The SMILES string of the molecule is CC(C)[C@H](N)C(O)c1c(-c2ccccc2)c1=O. The molecule has 3 nitrogen and oxygen atoms in total. The molecule has 1 unspecified atom stereocenters. The first-order valence-electron chi connectivity index (χ1n) is 5.82. The molecule has 0 spiro atoms. The van der Waals surface area contributed by atoms with Crippen LogP contribution >= 0.6 is 0 Å². The molecule has 0 amide bonds. The third-order valence-corrected chi connectivity index (χ3v) is 3.17. The van der Waals surface area contributed by atoms with Gasteiger partial charge in [0, 0.05) is 17.2 Å². The highest BCUT2D eigenvalue weighted by Gasteiger charge is 2.33. The Morgan fingerprint density at radius 3 is 2.29 bits per heavy atom. The summed E-state index contributed by atoms with van der Waals surface area (Å²) in [6.07, 6.45) is -0.849.